The lowest BCUT2D eigenvalue weighted by Gasteiger charge is -2.23. The lowest BCUT2D eigenvalue weighted by atomic mass is 10.1. The van der Waals surface area contributed by atoms with Gasteiger partial charge in [0.05, 0.1) is 37.8 Å². The Morgan fingerprint density at radius 1 is 0.696 bits per heavy atom. The lowest BCUT2D eigenvalue weighted by molar-refractivity contribution is -0.870. The van der Waals surface area contributed by atoms with Crippen LogP contribution in [0.1, 0.15) is 84.0 Å². The normalized spacial score (nSPS) is 11.9. The topological polar surface area (TPSA) is 57.2 Å². The molecule has 0 bridgehead atoms. The van der Waals surface area contributed by atoms with E-state index in [1.54, 1.807) is 0 Å². The molecule has 0 rings (SSSR count). The Hall–Kier alpha value is -0.130. The SMILES string of the molecule is CCCCCCCCCCCCCC[N+](C)(C)C.CS(=O)(=O)[O-]. The van der Waals surface area contributed by atoms with Gasteiger partial charge in [-0.3, -0.25) is 0 Å². The second kappa shape index (κ2) is 15.4. The molecule has 0 fully saturated rings. The largest absolute Gasteiger partial charge is 0.748 e. The molecular formula is C18H41NO3S. The summed E-state index contributed by atoms with van der Waals surface area (Å²) in [5.74, 6) is 0. The van der Waals surface area contributed by atoms with Gasteiger partial charge in [-0.1, -0.05) is 71.1 Å². The van der Waals surface area contributed by atoms with Crippen molar-refractivity contribution in [1.82, 2.24) is 0 Å². The van der Waals surface area contributed by atoms with Gasteiger partial charge in [0, 0.05) is 6.26 Å². The average molecular weight is 352 g/mol. The highest BCUT2D eigenvalue weighted by Gasteiger charge is 2.04. The molecule has 0 aromatic rings. The van der Waals surface area contributed by atoms with Crippen LogP contribution < -0.4 is 0 Å². The molecule has 0 aromatic heterocycles. The summed E-state index contributed by atoms with van der Waals surface area (Å²) in [6.45, 7) is 3.62. The first-order valence-corrected chi connectivity index (χ1v) is 11.1. The third-order valence-corrected chi connectivity index (χ3v) is 3.68. The monoisotopic (exact) mass is 351 g/mol. The molecule has 0 N–H and O–H groups in total. The van der Waals surface area contributed by atoms with E-state index in [0.717, 1.165) is 4.48 Å². The van der Waals surface area contributed by atoms with E-state index in [2.05, 4.69) is 28.1 Å². The van der Waals surface area contributed by atoms with E-state index in [1.165, 1.54) is 83.6 Å². The fourth-order valence-electron chi connectivity index (χ4n) is 2.43. The first kappa shape index (κ1) is 25.1. The van der Waals surface area contributed by atoms with Crippen LogP contribution in [0.5, 0.6) is 0 Å². The molecule has 0 atom stereocenters. The van der Waals surface area contributed by atoms with Crippen LogP contribution in [0.4, 0.5) is 0 Å². The molecule has 0 saturated heterocycles. The van der Waals surface area contributed by atoms with Crippen LogP contribution >= 0.6 is 0 Å². The molecule has 0 aromatic carbocycles. The number of hydrogen-bond donors (Lipinski definition) is 0. The zero-order valence-corrected chi connectivity index (χ0v) is 17.1. The number of unbranched alkanes of at least 4 members (excludes halogenated alkanes) is 11. The molecule has 0 aliphatic carbocycles. The summed E-state index contributed by atoms with van der Waals surface area (Å²) in [6, 6.07) is 0. The van der Waals surface area contributed by atoms with Crippen molar-refractivity contribution in [1.29, 1.82) is 0 Å². The van der Waals surface area contributed by atoms with Gasteiger partial charge in [-0.05, 0) is 12.8 Å². The highest BCUT2D eigenvalue weighted by molar-refractivity contribution is 7.84. The first-order chi connectivity index (χ1) is 10.6. The van der Waals surface area contributed by atoms with Gasteiger partial charge in [0.25, 0.3) is 0 Å². The van der Waals surface area contributed by atoms with E-state index in [0.29, 0.717) is 6.26 Å². The third-order valence-electron chi connectivity index (χ3n) is 3.68. The quantitative estimate of drug-likeness (QED) is 0.278. The van der Waals surface area contributed by atoms with Crippen LogP contribution in [0.25, 0.3) is 0 Å². The van der Waals surface area contributed by atoms with E-state index in [4.69, 9.17) is 13.0 Å². The Bertz CT molecular complexity index is 327. The zero-order chi connectivity index (χ0) is 18.2. The molecule has 0 unspecified atom stereocenters. The molecule has 0 aliphatic rings. The summed E-state index contributed by atoms with van der Waals surface area (Å²) < 4.78 is 28.4. The summed E-state index contributed by atoms with van der Waals surface area (Å²) in [5.41, 5.74) is 0. The Labute approximate surface area is 146 Å². The van der Waals surface area contributed by atoms with Crippen molar-refractivity contribution in [2.45, 2.75) is 84.0 Å². The van der Waals surface area contributed by atoms with Crippen LogP contribution in [0.2, 0.25) is 0 Å². The van der Waals surface area contributed by atoms with Crippen LogP contribution in [0.3, 0.4) is 0 Å². The molecule has 0 spiro atoms. The average Bonchev–Trinajstić information content (AvgIpc) is 2.37. The van der Waals surface area contributed by atoms with E-state index in [-0.39, 0.29) is 0 Å². The van der Waals surface area contributed by atoms with Gasteiger partial charge >= 0.3 is 0 Å². The maximum Gasteiger partial charge on any atom is 0.0916 e. The molecule has 23 heavy (non-hydrogen) atoms. The summed E-state index contributed by atoms with van der Waals surface area (Å²) >= 11 is 0. The Morgan fingerprint density at radius 3 is 1.22 bits per heavy atom. The second-order valence-electron chi connectivity index (χ2n) is 7.61. The first-order valence-electron chi connectivity index (χ1n) is 9.27. The van der Waals surface area contributed by atoms with Crippen molar-refractivity contribution in [2.75, 3.05) is 33.9 Å². The Morgan fingerprint density at radius 2 is 0.957 bits per heavy atom. The number of nitrogens with zero attached hydrogens (tertiary/aromatic N) is 1. The molecule has 4 nitrogen and oxygen atoms in total. The van der Waals surface area contributed by atoms with Crippen LogP contribution in [0, 0.1) is 0 Å². The number of hydrogen-bond acceptors (Lipinski definition) is 3. The summed E-state index contributed by atoms with van der Waals surface area (Å²) in [4.78, 5) is 0. The van der Waals surface area contributed by atoms with Crippen LogP contribution in [-0.4, -0.2) is 51.4 Å². The summed E-state index contributed by atoms with van der Waals surface area (Å²) in [5, 5.41) is 0. The van der Waals surface area contributed by atoms with Crippen molar-refractivity contribution in [2.24, 2.45) is 0 Å². The Kier molecular flexibility index (Phi) is 16.8. The van der Waals surface area contributed by atoms with Gasteiger partial charge in [-0.25, -0.2) is 8.42 Å². The van der Waals surface area contributed by atoms with Gasteiger partial charge < -0.3 is 9.04 Å². The van der Waals surface area contributed by atoms with Crippen molar-refractivity contribution in [3.05, 3.63) is 0 Å². The molecule has 0 aliphatic heterocycles. The fourth-order valence-corrected chi connectivity index (χ4v) is 2.43. The molecular weight excluding hydrogens is 310 g/mol. The van der Waals surface area contributed by atoms with Gasteiger partial charge in [0.1, 0.15) is 0 Å². The maximum atomic E-state index is 9.08. The highest BCUT2D eigenvalue weighted by Crippen LogP contribution is 2.12. The molecule has 5 heteroatoms. The second-order valence-corrected chi connectivity index (χ2v) is 9.02. The number of quaternary nitrogens is 1. The van der Waals surface area contributed by atoms with Crippen molar-refractivity contribution < 1.29 is 17.5 Å². The predicted molar refractivity (Wildman–Crippen MR) is 99.6 cm³/mol. The number of rotatable bonds is 13. The van der Waals surface area contributed by atoms with Crippen molar-refractivity contribution in [3.8, 4) is 0 Å². The van der Waals surface area contributed by atoms with E-state index >= 15 is 0 Å². The van der Waals surface area contributed by atoms with Gasteiger partial charge in [-0.2, -0.15) is 0 Å². The van der Waals surface area contributed by atoms with Gasteiger partial charge in [0.15, 0.2) is 0 Å². The molecule has 0 saturated carbocycles. The molecule has 0 radical (unpaired) electrons. The van der Waals surface area contributed by atoms with E-state index < -0.39 is 10.1 Å². The molecule has 0 heterocycles. The van der Waals surface area contributed by atoms with Crippen LogP contribution in [0.15, 0.2) is 0 Å². The standard InChI is InChI=1S/C17H38N.CH4O3S/c1-5-6-7-8-9-10-11-12-13-14-15-16-17-18(2,3)4;1-5(2,3)4/h5-17H2,1-4H3;1H3,(H,2,3,4)/q+1;/p-1. The molecule has 142 valence electrons. The molecule has 0 amide bonds. The zero-order valence-electron chi connectivity index (χ0n) is 16.3. The van der Waals surface area contributed by atoms with E-state index in [1.807, 2.05) is 0 Å². The minimum atomic E-state index is -3.92. The maximum absolute atomic E-state index is 9.08. The van der Waals surface area contributed by atoms with Gasteiger partial charge in [0.2, 0.25) is 0 Å². The minimum absolute atomic E-state index is 0.604. The Balaban J connectivity index is 0. The smallest absolute Gasteiger partial charge is 0.0916 e. The predicted octanol–water partition coefficient (Wildman–Crippen LogP) is 4.56. The van der Waals surface area contributed by atoms with Gasteiger partial charge in [-0.15, -0.1) is 0 Å². The minimum Gasteiger partial charge on any atom is -0.748 e. The van der Waals surface area contributed by atoms with Crippen LogP contribution in [-0.2, 0) is 10.1 Å². The summed E-state index contributed by atoms with van der Waals surface area (Å²) in [7, 11) is 2.95. The fraction of sp³-hybridized carbons (Fsp3) is 1.00. The third kappa shape index (κ3) is 39.1. The van der Waals surface area contributed by atoms with E-state index in [9.17, 15) is 0 Å². The summed E-state index contributed by atoms with van der Waals surface area (Å²) in [6.07, 6.45) is 18.0. The van der Waals surface area contributed by atoms with Crippen molar-refractivity contribution in [3.63, 3.8) is 0 Å². The lowest BCUT2D eigenvalue weighted by Crippen LogP contribution is -2.35. The van der Waals surface area contributed by atoms with Crippen molar-refractivity contribution >= 4 is 10.1 Å². The highest BCUT2D eigenvalue weighted by atomic mass is 32.2.